The number of nitrogens with zero attached hydrogens (tertiary/aromatic N) is 1. The van der Waals surface area contributed by atoms with E-state index in [1.54, 1.807) is 6.20 Å². The van der Waals surface area contributed by atoms with Crippen LogP contribution in [0, 0.1) is 0 Å². The third-order valence-corrected chi connectivity index (χ3v) is 2.17. The predicted octanol–water partition coefficient (Wildman–Crippen LogP) is 1.15. The van der Waals surface area contributed by atoms with Gasteiger partial charge in [-0.3, -0.25) is 4.98 Å². The van der Waals surface area contributed by atoms with Crippen LogP contribution >= 0.6 is 11.6 Å². The van der Waals surface area contributed by atoms with E-state index in [4.69, 9.17) is 11.6 Å². The summed E-state index contributed by atoms with van der Waals surface area (Å²) in [6.07, 6.45) is 1.72. The van der Waals surface area contributed by atoms with E-state index in [0.717, 1.165) is 15.9 Å². The zero-order valence-corrected chi connectivity index (χ0v) is 7.47. The molecule has 0 unspecified atom stereocenters. The standard InChI is InChI=1S/C9H7BClN/c10-6-1-2-9-7(5-6)8(11)3-4-12-9/h1-5H,10H2. The van der Waals surface area contributed by atoms with Crippen LogP contribution < -0.4 is 5.46 Å². The molecular formula is C9H7BClN. The van der Waals surface area contributed by atoms with Crippen LogP contribution in [0.2, 0.25) is 5.02 Å². The Bertz CT molecular complexity index is 428. The zero-order chi connectivity index (χ0) is 8.55. The van der Waals surface area contributed by atoms with Crippen molar-refractivity contribution in [3.63, 3.8) is 0 Å². The third kappa shape index (κ3) is 1.19. The summed E-state index contributed by atoms with van der Waals surface area (Å²) in [5.41, 5.74) is 2.16. The van der Waals surface area contributed by atoms with Crippen molar-refractivity contribution in [2.24, 2.45) is 0 Å². The van der Waals surface area contributed by atoms with Gasteiger partial charge in [-0.05, 0) is 12.1 Å². The summed E-state index contributed by atoms with van der Waals surface area (Å²) in [5, 5.41) is 1.79. The van der Waals surface area contributed by atoms with Gasteiger partial charge in [0.15, 0.2) is 0 Å². The molecule has 0 aliphatic rings. The fourth-order valence-corrected chi connectivity index (χ4v) is 1.43. The lowest BCUT2D eigenvalue weighted by molar-refractivity contribution is 1.42. The van der Waals surface area contributed by atoms with Gasteiger partial charge < -0.3 is 0 Å². The normalized spacial score (nSPS) is 10.4. The predicted molar refractivity (Wildman–Crippen MR) is 54.9 cm³/mol. The van der Waals surface area contributed by atoms with Gasteiger partial charge in [-0.1, -0.05) is 29.2 Å². The van der Waals surface area contributed by atoms with E-state index in [9.17, 15) is 0 Å². The van der Waals surface area contributed by atoms with Gasteiger partial charge in [-0.15, -0.1) is 0 Å². The summed E-state index contributed by atoms with van der Waals surface area (Å²) in [5.74, 6) is 0. The molecule has 1 aromatic carbocycles. The van der Waals surface area contributed by atoms with Crippen LogP contribution in [0.4, 0.5) is 0 Å². The Hall–Kier alpha value is -1.02. The first-order valence-electron chi connectivity index (χ1n) is 3.78. The van der Waals surface area contributed by atoms with Crippen molar-refractivity contribution in [2.45, 2.75) is 0 Å². The van der Waals surface area contributed by atoms with Crippen molar-refractivity contribution in [3.8, 4) is 0 Å². The summed E-state index contributed by atoms with van der Waals surface area (Å²) in [6, 6.07) is 7.87. The van der Waals surface area contributed by atoms with Crippen LogP contribution in [0.3, 0.4) is 0 Å². The Balaban J connectivity index is 2.88. The Morgan fingerprint density at radius 2 is 2.08 bits per heavy atom. The van der Waals surface area contributed by atoms with Gasteiger partial charge in [0.2, 0.25) is 0 Å². The van der Waals surface area contributed by atoms with E-state index in [1.807, 2.05) is 32.1 Å². The Kier molecular flexibility index (Phi) is 1.78. The smallest absolute Gasteiger partial charge is 0.139 e. The average Bonchev–Trinajstić information content (AvgIpc) is 2.07. The molecule has 3 heteroatoms. The van der Waals surface area contributed by atoms with E-state index in [1.165, 1.54) is 5.46 Å². The minimum absolute atomic E-state index is 0.767. The van der Waals surface area contributed by atoms with Crippen molar-refractivity contribution in [3.05, 3.63) is 35.5 Å². The molecule has 0 amide bonds. The fourth-order valence-electron chi connectivity index (χ4n) is 1.23. The Morgan fingerprint density at radius 3 is 2.92 bits per heavy atom. The van der Waals surface area contributed by atoms with E-state index in [2.05, 4.69) is 4.98 Å². The molecule has 1 aromatic heterocycles. The molecule has 0 aliphatic carbocycles. The van der Waals surface area contributed by atoms with E-state index < -0.39 is 0 Å². The number of pyridine rings is 1. The van der Waals surface area contributed by atoms with Crippen LogP contribution in [0.25, 0.3) is 10.9 Å². The second-order valence-corrected chi connectivity index (χ2v) is 3.22. The first-order valence-corrected chi connectivity index (χ1v) is 4.16. The molecule has 2 rings (SSSR count). The third-order valence-electron chi connectivity index (χ3n) is 1.84. The first kappa shape index (κ1) is 7.62. The number of hydrogen-bond donors (Lipinski definition) is 0. The van der Waals surface area contributed by atoms with Crippen LogP contribution in [-0.4, -0.2) is 12.8 Å². The number of hydrogen-bond acceptors (Lipinski definition) is 1. The summed E-state index contributed by atoms with van der Waals surface area (Å²) >= 11 is 5.99. The molecular weight excluding hydrogens is 168 g/mol. The molecule has 0 fully saturated rings. The number of benzene rings is 1. The maximum absolute atomic E-state index is 5.99. The lowest BCUT2D eigenvalue weighted by Crippen LogP contribution is -2.00. The second-order valence-electron chi connectivity index (χ2n) is 2.81. The van der Waals surface area contributed by atoms with E-state index in [-0.39, 0.29) is 0 Å². The summed E-state index contributed by atoms with van der Waals surface area (Å²) in [4.78, 5) is 4.20. The van der Waals surface area contributed by atoms with E-state index in [0.29, 0.717) is 0 Å². The molecule has 0 saturated carbocycles. The second kappa shape index (κ2) is 2.79. The zero-order valence-electron chi connectivity index (χ0n) is 6.71. The largest absolute Gasteiger partial charge is 0.256 e. The highest BCUT2D eigenvalue weighted by Crippen LogP contribution is 2.19. The van der Waals surface area contributed by atoms with Gasteiger partial charge in [0, 0.05) is 11.6 Å². The fraction of sp³-hybridized carbons (Fsp3) is 0. The molecule has 0 radical (unpaired) electrons. The van der Waals surface area contributed by atoms with E-state index >= 15 is 0 Å². The minimum atomic E-state index is 0.767. The molecule has 0 aliphatic heterocycles. The highest BCUT2D eigenvalue weighted by molar-refractivity contribution is 6.37. The molecule has 0 N–H and O–H groups in total. The Labute approximate surface area is 76.8 Å². The minimum Gasteiger partial charge on any atom is -0.256 e. The first-order chi connectivity index (χ1) is 5.77. The molecule has 58 valence electrons. The molecule has 1 nitrogen and oxygen atoms in total. The van der Waals surface area contributed by atoms with Gasteiger partial charge in [-0.25, -0.2) is 0 Å². The van der Waals surface area contributed by atoms with Crippen molar-refractivity contribution < 1.29 is 0 Å². The van der Waals surface area contributed by atoms with Crippen LogP contribution in [0.15, 0.2) is 30.5 Å². The molecule has 12 heavy (non-hydrogen) atoms. The molecule has 1 heterocycles. The van der Waals surface area contributed by atoms with Crippen molar-refractivity contribution >= 4 is 35.8 Å². The lowest BCUT2D eigenvalue weighted by Gasteiger charge is -1.99. The van der Waals surface area contributed by atoms with Gasteiger partial charge in [0.05, 0.1) is 10.5 Å². The molecule has 0 atom stereocenters. The van der Waals surface area contributed by atoms with Crippen LogP contribution in [0.5, 0.6) is 0 Å². The maximum atomic E-state index is 5.99. The summed E-state index contributed by atoms with van der Waals surface area (Å²) < 4.78 is 0. The molecule has 0 spiro atoms. The SMILES string of the molecule is Bc1ccc2nccc(Cl)c2c1. The molecule has 0 saturated heterocycles. The van der Waals surface area contributed by atoms with Crippen LogP contribution in [0.1, 0.15) is 0 Å². The lowest BCUT2D eigenvalue weighted by atomic mass is 9.95. The number of fused-ring (bicyclic) bond motifs is 1. The monoisotopic (exact) mass is 175 g/mol. The average molecular weight is 175 g/mol. The van der Waals surface area contributed by atoms with Gasteiger partial charge in [-0.2, -0.15) is 0 Å². The van der Waals surface area contributed by atoms with Crippen molar-refractivity contribution in [2.75, 3.05) is 0 Å². The highest BCUT2D eigenvalue weighted by Gasteiger charge is 1.97. The van der Waals surface area contributed by atoms with Crippen LogP contribution in [-0.2, 0) is 0 Å². The summed E-state index contributed by atoms with van der Waals surface area (Å²) in [7, 11) is 2.04. The van der Waals surface area contributed by atoms with Crippen molar-refractivity contribution in [1.29, 1.82) is 0 Å². The Morgan fingerprint density at radius 1 is 1.25 bits per heavy atom. The van der Waals surface area contributed by atoms with Crippen molar-refractivity contribution in [1.82, 2.24) is 4.98 Å². The number of rotatable bonds is 0. The summed E-state index contributed by atoms with van der Waals surface area (Å²) in [6.45, 7) is 0. The number of aromatic nitrogens is 1. The van der Waals surface area contributed by atoms with Gasteiger partial charge in [0.1, 0.15) is 7.85 Å². The molecule has 0 bridgehead atoms. The molecule has 2 aromatic rings. The highest BCUT2D eigenvalue weighted by atomic mass is 35.5. The van der Waals surface area contributed by atoms with Gasteiger partial charge in [0.25, 0.3) is 0 Å². The topological polar surface area (TPSA) is 12.9 Å². The van der Waals surface area contributed by atoms with Gasteiger partial charge >= 0.3 is 0 Å². The maximum Gasteiger partial charge on any atom is 0.139 e. The number of halogens is 1. The quantitative estimate of drug-likeness (QED) is 0.547.